The topological polar surface area (TPSA) is 74.3 Å². The third kappa shape index (κ3) is 5.51. The van der Waals surface area contributed by atoms with Crippen LogP contribution < -0.4 is 10.6 Å². The van der Waals surface area contributed by atoms with Gasteiger partial charge in [0.1, 0.15) is 0 Å². The highest BCUT2D eigenvalue weighted by atomic mass is 16.2. The van der Waals surface area contributed by atoms with Crippen molar-refractivity contribution < 1.29 is 9.59 Å². The number of aromatic nitrogens is 1. The average Bonchev–Trinajstić information content (AvgIpc) is 3.74. The Labute approximate surface area is 200 Å². The van der Waals surface area contributed by atoms with E-state index in [0.29, 0.717) is 17.7 Å². The summed E-state index contributed by atoms with van der Waals surface area (Å²) in [6.07, 6.45) is 8.19. The van der Waals surface area contributed by atoms with Gasteiger partial charge in [0.15, 0.2) is 0 Å². The Morgan fingerprint density at radius 3 is 2.24 bits per heavy atom. The van der Waals surface area contributed by atoms with E-state index in [2.05, 4.69) is 20.5 Å². The van der Waals surface area contributed by atoms with Crippen LogP contribution in [0.1, 0.15) is 52.0 Å². The van der Waals surface area contributed by atoms with E-state index in [1.807, 2.05) is 60.7 Å². The van der Waals surface area contributed by atoms with E-state index in [0.717, 1.165) is 48.7 Å². The van der Waals surface area contributed by atoms with Gasteiger partial charge in [-0.1, -0.05) is 24.3 Å². The SMILES string of the molecule is O=C(NCc1cccc(C(=O)NC2CCN(C3CC3)CC2)c1)c1ccc(-c2ccncc2)cc1. The number of nitrogens with one attached hydrogen (secondary N) is 2. The van der Waals surface area contributed by atoms with Crippen molar-refractivity contribution in [1.29, 1.82) is 0 Å². The summed E-state index contributed by atoms with van der Waals surface area (Å²) in [6, 6.07) is 19.9. The lowest BCUT2D eigenvalue weighted by molar-refractivity contribution is 0.0908. The van der Waals surface area contributed by atoms with E-state index in [9.17, 15) is 9.59 Å². The van der Waals surface area contributed by atoms with Gasteiger partial charge >= 0.3 is 0 Å². The first-order chi connectivity index (χ1) is 16.7. The van der Waals surface area contributed by atoms with E-state index < -0.39 is 0 Å². The molecule has 2 heterocycles. The predicted molar refractivity (Wildman–Crippen MR) is 132 cm³/mol. The molecule has 2 fully saturated rings. The number of pyridine rings is 1. The van der Waals surface area contributed by atoms with Crippen molar-refractivity contribution in [1.82, 2.24) is 20.5 Å². The molecule has 1 aliphatic carbocycles. The third-order valence-electron chi connectivity index (χ3n) is 6.73. The Hall–Kier alpha value is -3.51. The summed E-state index contributed by atoms with van der Waals surface area (Å²) in [6.45, 7) is 2.52. The summed E-state index contributed by atoms with van der Waals surface area (Å²) >= 11 is 0. The normalized spacial score (nSPS) is 16.7. The van der Waals surface area contributed by atoms with Crippen LogP contribution in [0.2, 0.25) is 0 Å². The molecule has 0 radical (unpaired) electrons. The highest BCUT2D eigenvalue weighted by molar-refractivity contribution is 5.95. The molecule has 2 aliphatic rings. The summed E-state index contributed by atoms with van der Waals surface area (Å²) < 4.78 is 0. The number of piperidine rings is 1. The maximum Gasteiger partial charge on any atom is 0.251 e. The first kappa shape index (κ1) is 22.3. The van der Waals surface area contributed by atoms with Crippen molar-refractivity contribution in [2.45, 2.75) is 44.3 Å². The predicted octanol–water partition coefficient (Wildman–Crippen LogP) is 4.04. The van der Waals surface area contributed by atoms with E-state index >= 15 is 0 Å². The highest BCUT2D eigenvalue weighted by Crippen LogP contribution is 2.29. The van der Waals surface area contributed by atoms with Crippen LogP contribution in [0, 0.1) is 0 Å². The zero-order valence-electron chi connectivity index (χ0n) is 19.2. The summed E-state index contributed by atoms with van der Waals surface area (Å²) in [5.41, 5.74) is 4.24. The first-order valence-electron chi connectivity index (χ1n) is 12.1. The molecule has 0 bridgehead atoms. The van der Waals surface area contributed by atoms with E-state index in [4.69, 9.17) is 0 Å². The molecule has 6 heteroatoms. The van der Waals surface area contributed by atoms with Gasteiger partial charge in [-0.15, -0.1) is 0 Å². The van der Waals surface area contributed by atoms with Gasteiger partial charge in [-0.2, -0.15) is 0 Å². The van der Waals surface area contributed by atoms with Crippen molar-refractivity contribution in [3.8, 4) is 11.1 Å². The Bertz CT molecular complexity index is 1130. The Morgan fingerprint density at radius 1 is 0.824 bits per heavy atom. The number of rotatable bonds is 7. The standard InChI is InChI=1S/C28H30N4O2/c33-27(23-6-4-21(5-7-23)22-10-14-29-15-11-22)30-19-20-2-1-3-24(18-20)28(34)31-25-12-16-32(17-13-25)26-8-9-26/h1-7,10-11,14-15,18,25-26H,8-9,12-13,16-17,19H2,(H,30,33)(H,31,34). The van der Waals surface area contributed by atoms with Crippen LogP contribution in [0.5, 0.6) is 0 Å². The van der Waals surface area contributed by atoms with Crippen LogP contribution >= 0.6 is 0 Å². The number of hydrogen-bond acceptors (Lipinski definition) is 4. The van der Waals surface area contributed by atoms with Crippen LogP contribution in [-0.2, 0) is 6.54 Å². The molecule has 6 nitrogen and oxygen atoms in total. The van der Waals surface area contributed by atoms with E-state index in [1.165, 1.54) is 12.8 Å². The first-order valence-corrected chi connectivity index (χ1v) is 12.1. The number of benzene rings is 2. The summed E-state index contributed by atoms with van der Waals surface area (Å²) in [4.78, 5) is 32.0. The molecule has 1 aromatic heterocycles. The van der Waals surface area contributed by atoms with Crippen LogP contribution in [0.4, 0.5) is 0 Å². The zero-order valence-corrected chi connectivity index (χ0v) is 19.2. The highest BCUT2D eigenvalue weighted by Gasteiger charge is 2.32. The minimum absolute atomic E-state index is 0.0373. The van der Waals surface area contributed by atoms with Crippen LogP contribution in [-0.4, -0.2) is 46.9 Å². The molecule has 0 unspecified atom stereocenters. The van der Waals surface area contributed by atoms with Crippen molar-refractivity contribution >= 4 is 11.8 Å². The largest absolute Gasteiger partial charge is 0.349 e. The third-order valence-corrected chi connectivity index (χ3v) is 6.73. The summed E-state index contributed by atoms with van der Waals surface area (Å²) in [7, 11) is 0. The lowest BCUT2D eigenvalue weighted by atomic mass is 10.0. The van der Waals surface area contributed by atoms with E-state index in [1.54, 1.807) is 12.4 Å². The number of carbonyl (C=O) groups excluding carboxylic acids is 2. The second kappa shape index (κ2) is 10.2. The molecule has 3 aromatic rings. The van der Waals surface area contributed by atoms with Gasteiger partial charge in [0.05, 0.1) is 0 Å². The van der Waals surface area contributed by atoms with Gasteiger partial charge in [0, 0.05) is 55.2 Å². The van der Waals surface area contributed by atoms with Crippen molar-refractivity contribution in [3.05, 3.63) is 89.7 Å². The summed E-state index contributed by atoms with van der Waals surface area (Å²) in [5, 5.41) is 6.15. The molecule has 1 aliphatic heterocycles. The number of amides is 2. The Balaban J connectivity index is 1.13. The van der Waals surface area contributed by atoms with Gasteiger partial charge < -0.3 is 15.5 Å². The minimum atomic E-state index is -0.140. The van der Waals surface area contributed by atoms with Gasteiger partial charge in [-0.3, -0.25) is 14.6 Å². The Kier molecular flexibility index (Phi) is 6.67. The zero-order chi connectivity index (χ0) is 23.3. The van der Waals surface area contributed by atoms with Gasteiger partial charge in [0.2, 0.25) is 0 Å². The van der Waals surface area contributed by atoms with Gasteiger partial charge in [-0.25, -0.2) is 0 Å². The smallest absolute Gasteiger partial charge is 0.251 e. The molecule has 1 saturated heterocycles. The minimum Gasteiger partial charge on any atom is -0.349 e. The average molecular weight is 455 g/mol. The fraction of sp³-hybridized carbons (Fsp3) is 0.321. The Morgan fingerprint density at radius 2 is 1.53 bits per heavy atom. The van der Waals surface area contributed by atoms with Gasteiger partial charge in [-0.05, 0) is 78.8 Å². The molecular weight excluding hydrogens is 424 g/mol. The lowest BCUT2D eigenvalue weighted by Crippen LogP contribution is -2.45. The molecule has 34 heavy (non-hydrogen) atoms. The van der Waals surface area contributed by atoms with Crippen LogP contribution in [0.15, 0.2) is 73.1 Å². The van der Waals surface area contributed by atoms with Crippen LogP contribution in [0.25, 0.3) is 11.1 Å². The van der Waals surface area contributed by atoms with Crippen molar-refractivity contribution in [2.75, 3.05) is 13.1 Å². The molecule has 5 rings (SSSR count). The quantitative estimate of drug-likeness (QED) is 0.565. The van der Waals surface area contributed by atoms with E-state index in [-0.39, 0.29) is 17.9 Å². The monoisotopic (exact) mass is 454 g/mol. The van der Waals surface area contributed by atoms with Gasteiger partial charge in [0.25, 0.3) is 11.8 Å². The second-order valence-electron chi connectivity index (χ2n) is 9.21. The number of carbonyl (C=O) groups is 2. The maximum absolute atomic E-state index is 12.8. The molecule has 0 atom stereocenters. The van der Waals surface area contributed by atoms with Crippen LogP contribution in [0.3, 0.4) is 0 Å². The fourth-order valence-electron chi connectivity index (χ4n) is 4.58. The number of nitrogens with zero attached hydrogens (tertiary/aromatic N) is 2. The molecule has 2 N–H and O–H groups in total. The lowest BCUT2D eigenvalue weighted by Gasteiger charge is -2.32. The number of likely N-dealkylation sites (tertiary alicyclic amines) is 1. The molecule has 2 amide bonds. The number of hydrogen-bond donors (Lipinski definition) is 2. The molecule has 1 saturated carbocycles. The molecular formula is C28H30N4O2. The molecule has 0 spiro atoms. The second-order valence-corrected chi connectivity index (χ2v) is 9.21. The fourth-order valence-corrected chi connectivity index (χ4v) is 4.58. The van der Waals surface area contributed by atoms with Crippen molar-refractivity contribution in [2.24, 2.45) is 0 Å². The summed E-state index contributed by atoms with van der Waals surface area (Å²) in [5.74, 6) is -0.177. The molecule has 2 aromatic carbocycles. The maximum atomic E-state index is 12.8. The molecule has 174 valence electrons. The van der Waals surface area contributed by atoms with Crippen molar-refractivity contribution in [3.63, 3.8) is 0 Å².